The molecule has 0 bridgehead atoms. The Hall–Kier alpha value is -7.16. The lowest BCUT2D eigenvalue weighted by atomic mass is 9.87. The highest BCUT2D eigenvalue weighted by atomic mass is 16.3. The number of hydrogen-bond donors (Lipinski definition) is 0. The van der Waals surface area contributed by atoms with Crippen LogP contribution < -0.4 is 4.90 Å². The smallest absolute Gasteiger partial charge is 0.137 e. The summed E-state index contributed by atoms with van der Waals surface area (Å²) >= 11 is 0. The van der Waals surface area contributed by atoms with Gasteiger partial charge in [-0.05, 0) is 94.8 Å². The van der Waals surface area contributed by atoms with Crippen molar-refractivity contribution in [2.45, 2.75) is 6.54 Å². The van der Waals surface area contributed by atoms with Crippen LogP contribution in [0.1, 0.15) is 5.56 Å². The van der Waals surface area contributed by atoms with Gasteiger partial charge in [0, 0.05) is 28.4 Å². The van der Waals surface area contributed by atoms with Gasteiger partial charge in [0.2, 0.25) is 0 Å². The van der Waals surface area contributed by atoms with Crippen LogP contribution in [-0.2, 0) is 6.54 Å². The van der Waals surface area contributed by atoms with Crippen molar-refractivity contribution in [2.75, 3.05) is 4.90 Å². The molecule has 1 heterocycles. The minimum Gasteiger partial charge on any atom is -0.456 e. The Balaban J connectivity index is 1.25. The average molecular weight is 700 g/mol. The van der Waals surface area contributed by atoms with Crippen LogP contribution in [-0.4, -0.2) is 0 Å². The van der Waals surface area contributed by atoms with Crippen LogP contribution in [0.4, 0.5) is 11.4 Å². The SMILES string of the molecule is c1ccc(-c2ccccc2CN(c2cc3cccc4c5cccc6ccc7cccc(c8cccc2c8c34)c7c65)c2cccc3oc4ccccc4c23)cc1. The standard InChI is InChI=1S/C53H33NO/c1-2-13-33(14-3-1)38-19-5-4-15-37(38)32-54(45-26-12-28-48-53(45)44-20-6-7-27-47(44)55-48)46-31-36-18-10-23-40-39-21-8-16-34-29-30-35-17-9-22-41(50(35)49(34)39)42-24-11-25-43(46)52(42)51(36)40/h1-31H,32H2. The maximum atomic E-state index is 6.52. The van der Waals surface area contributed by atoms with E-state index >= 15 is 0 Å². The van der Waals surface area contributed by atoms with Gasteiger partial charge in [-0.2, -0.15) is 0 Å². The number of benzene rings is 10. The summed E-state index contributed by atoms with van der Waals surface area (Å²) in [6, 6.07) is 68.9. The predicted octanol–water partition coefficient (Wildman–Crippen LogP) is 14.9. The number of fused-ring (bicyclic) bond motifs is 5. The van der Waals surface area contributed by atoms with E-state index in [0.717, 1.165) is 27.6 Å². The molecule has 1 aromatic heterocycles. The lowest BCUT2D eigenvalue weighted by molar-refractivity contribution is 0.669. The Kier molecular flexibility index (Phi) is 6.43. The highest BCUT2D eigenvalue weighted by Gasteiger charge is 2.24. The number of hydrogen-bond acceptors (Lipinski definition) is 2. The fourth-order valence-corrected chi connectivity index (χ4v) is 9.52. The third kappa shape index (κ3) is 4.43. The lowest BCUT2D eigenvalue weighted by Crippen LogP contribution is -2.18. The first-order valence-electron chi connectivity index (χ1n) is 19.0. The molecule has 0 atom stereocenters. The number of rotatable bonds is 5. The van der Waals surface area contributed by atoms with E-state index < -0.39 is 0 Å². The van der Waals surface area contributed by atoms with E-state index in [-0.39, 0.29) is 0 Å². The van der Waals surface area contributed by atoms with Gasteiger partial charge in [0.1, 0.15) is 11.2 Å². The minimum atomic E-state index is 0.659. The van der Waals surface area contributed by atoms with Gasteiger partial charge in [-0.3, -0.25) is 0 Å². The first-order chi connectivity index (χ1) is 27.3. The predicted molar refractivity (Wildman–Crippen MR) is 234 cm³/mol. The third-order valence-electron chi connectivity index (χ3n) is 11.8. The average Bonchev–Trinajstić information content (AvgIpc) is 3.63. The Bertz CT molecular complexity index is 3470. The summed E-state index contributed by atoms with van der Waals surface area (Å²) in [5.74, 6) is 0. The van der Waals surface area contributed by atoms with Crippen molar-refractivity contribution in [3.8, 4) is 11.1 Å². The molecule has 11 aromatic carbocycles. The van der Waals surface area contributed by atoms with Crippen LogP contribution in [0.15, 0.2) is 192 Å². The number of nitrogens with zero attached hydrogens (tertiary/aromatic N) is 1. The van der Waals surface area contributed by atoms with Gasteiger partial charge in [-0.25, -0.2) is 0 Å². The highest BCUT2D eigenvalue weighted by molar-refractivity contribution is 6.38. The third-order valence-corrected chi connectivity index (χ3v) is 11.8. The Morgan fingerprint density at radius 1 is 0.345 bits per heavy atom. The molecular weight excluding hydrogens is 667 g/mol. The summed E-state index contributed by atoms with van der Waals surface area (Å²) in [7, 11) is 0. The molecule has 0 aliphatic rings. The van der Waals surface area contributed by atoms with E-state index in [1.807, 2.05) is 0 Å². The zero-order chi connectivity index (χ0) is 36.0. The largest absolute Gasteiger partial charge is 0.456 e. The second-order valence-electron chi connectivity index (χ2n) is 14.8. The molecule has 0 amide bonds. The molecule has 2 nitrogen and oxygen atoms in total. The van der Waals surface area contributed by atoms with E-state index in [1.54, 1.807) is 0 Å². The summed E-state index contributed by atoms with van der Waals surface area (Å²) in [5, 5.41) is 17.6. The fraction of sp³-hybridized carbons (Fsp3) is 0.0189. The molecule has 2 heteroatoms. The van der Waals surface area contributed by atoms with E-state index in [9.17, 15) is 0 Å². The fourth-order valence-electron chi connectivity index (χ4n) is 9.52. The summed E-state index contributed by atoms with van der Waals surface area (Å²) in [4.78, 5) is 2.55. The van der Waals surface area contributed by atoms with Gasteiger partial charge < -0.3 is 9.32 Å². The van der Waals surface area contributed by atoms with Gasteiger partial charge in [0.15, 0.2) is 0 Å². The summed E-state index contributed by atoms with van der Waals surface area (Å²) < 4.78 is 6.52. The number of anilines is 2. The van der Waals surface area contributed by atoms with Gasteiger partial charge in [-0.15, -0.1) is 0 Å². The zero-order valence-electron chi connectivity index (χ0n) is 30.0. The maximum Gasteiger partial charge on any atom is 0.137 e. The summed E-state index contributed by atoms with van der Waals surface area (Å²) in [6.07, 6.45) is 0. The van der Waals surface area contributed by atoms with Gasteiger partial charge in [0.25, 0.3) is 0 Å². The molecule has 0 spiro atoms. The second kappa shape index (κ2) is 11.7. The molecule has 0 N–H and O–H groups in total. The van der Waals surface area contributed by atoms with Crippen LogP contribution >= 0.6 is 0 Å². The topological polar surface area (TPSA) is 16.4 Å². The van der Waals surface area contributed by atoms with Crippen molar-refractivity contribution in [3.05, 3.63) is 194 Å². The molecule has 0 aliphatic carbocycles. The van der Waals surface area contributed by atoms with Crippen molar-refractivity contribution in [1.82, 2.24) is 0 Å². The molecule has 12 rings (SSSR count). The van der Waals surface area contributed by atoms with Crippen molar-refractivity contribution in [1.29, 1.82) is 0 Å². The van der Waals surface area contributed by atoms with Crippen molar-refractivity contribution >= 4 is 97.9 Å². The number of furan rings is 1. The first-order valence-corrected chi connectivity index (χ1v) is 19.0. The van der Waals surface area contributed by atoms with E-state index in [1.165, 1.54) is 87.0 Å². The highest BCUT2D eigenvalue weighted by Crippen LogP contribution is 2.48. The zero-order valence-corrected chi connectivity index (χ0v) is 30.0. The monoisotopic (exact) mass is 699 g/mol. The molecule has 12 aromatic rings. The van der Waals surface area contributed by atoms with Gasteiger partial charge in [-0.1, -0.05) is 164 Å². The van der Waals surface area contributed by atoms with Crippen LogP contribution in [0.25, 0.3) is 97.7 Å². The minimum absolute atomic E-state index is 0.659. The van der Waals surface area contributed by atoms with Gasteiger partial charge >= 0.3 is 0 Å². The second-order valence-corrected chi connectivity index (χ2v) is 14.8. The molecular formula is C53H33NO. The Morgan fingerprint density at radius 2 is 0.891 bits per heavy atom. The van der Waals surface area contributed by atoms with Crippen LogP contribution in [0, 0.1) is 0 Å². The van der Waals surface area contributed by atoms with Gasteiger partial charge in [0.05, 0.1) is 11.1 Å². The number of para-hydroxylation sites is 1. The molecule has 256 valence electrons. The molecule has 0 unspecified atom stereocenters. The summed E-state index contributed by atoms with van der Waals surface area (Å²) in [6.45, 7) is 0.659. The van der Waals surface area contributed by atoms with Crippen LogP contribution in [0.3, 0.4) is 0 Å². The first kappa shape index (κ1) is 30.3. The molecule has 0 saturated carbocycles. The van der Waals surface area contributed by atoms with Crippen LogP contribution in [0.5, 0.6) is 0 Å². The Labute approximate surface area is 317 Å². The van der Waals surface area contributed by atoms with E-state index in [2.05, 4.69) is 193 Å². The van der Waals surface area contributed by atoms with Crippen LogP contribution in [0.2, 0.25) is 0 Å². The maximum absolute atomic E-state index is 6.52. The quantitative estimate of drug-likeness (QED) is 0.166. The van der Waals surface area contributed by atoms with Crippen molar-refractivity contribution in [2.24, 2.45) is 0 Å². The lowest BCUT2D eigenvalue weighted by Gasteiger charge is -2.29. The van der Waals surface area contributed by atoms with Crippen molar-refractivity contribution < 1.29 is 4.42 Å². The Morgan fingerprint density at radius 3 is 1.65 bits per heavy atom. The normalized spacial score (nSPS) is 12.1. The molecule has 55 heavy (non-hydrogen) atoms. The molecule has 0 radical (unpaired) electrons. The molecule has 0 saturated heterocycles. The van der Waals surface area contributed by atoms with E-state index in [0.29, 0.717) is 6.54 Å². The molecule has 0 fully saturated rings. The summed E-state index contributed by atoms with van der Waals surface area (Å²) in [5.41, 5.74) is 7.77. The van der Waals surface area contributed by atoms with Crippen molar-refractivity contribution in [3.63, 3.8) is 0 Å². The molecule has 0 aliphatic heterocycles. The van der Waals surface area contributed by atoms with E-state index in [4.69, 9.17) is 4.42 Å².